The number of hydrogen-bond donors (Lipinski definition) is 4. The van der Waals surface area contributed by atoms with Gasteiger partial charge in [0, 0.05) is 11.8 Å². The Labute approximate surface area is 71.6 Å². The first kappa shape index (κ1) is 9.21. The van der Waals surface area contributed by atoms with Crippen LogP contribution in [0.25, 0.3) is 0 Å². The molecule has 4 N–H and O–H groups in total. The monoisotopic (exact) mass is 187 g/mol. The summed E-state index contributed by atoms with van der Waals surface area (Å²) in [6.45, 7) is 0. The van der Waals surface area contributed by atoms with Crippen LogP contribution in [0.15, 0.2) is 29.2 Å². The number of nitrogens with one attached hydrogen (secondary N) is 1. The van der Waals surface area contributed by atoms with Gasteiger partial charge in [0.05, 0.1) is 4.90 Å². The Morgan fingerprint density at radius 1 is 1.17 bits per heavy atom. The predicted molar refractivity (Wildman–Crippen MR) is 48.1 cm³/mol. The van der Waals surface area contributed by atoms with Crippen molar-refractivity contribution < 1.29 is 13.7 Å². The highest BCUT2D eigenvalue weighted by molar-refractivity contribution is 8.19. The highest BCUT2D eigenvalue weighted by Gasteiger charge is 2.17. The van der Waals surface area contributed by atoms with Gasteiger partial charge in [-0.1, -0.05) is 18.2 Å². The Hall–Kier alpha value is -0.880. The van der Waals surface area contributed by atoms with E-state index in [9.17, 15) is 0 Å². The lowest BCUT2D eigenvalue weighted by molar-refractivity contribution is 0.376. The van der Waals surface area contributed by atoms with Gasteiger partial charge in [0.2, 0.25) is 0 Å². The molecule has 1 rings (SSSR count). The first-order valence-electron chi connectivity index (χ1n) is 3.16. The van der Waals surface area contributed by atoms with E-state index in [0.29, 0.717) is 5.56 Å². The quantitative estimate of drug-likeness (QED) is 0.536. The minimum absolute atomic E-state index is 0.0139. The van der Waals surface area contributed by atoms with E-state index in [1.165, 1.54) is 12.1 Å². The summed E-state index contributed by atoms with van der Waals surface area (Å²) in [5, 5.41) is 6.92. The molecule has 0 saturated heterocycles. The zero-order valence-corrected chi connectivity index (χ0v) is 6.95. The van der Waals surface area contributed by atoms with Gasteiger partial charge >= 0.3 is 0 Å². The zero-order chi connectivity index (χ0) is 9.19. The SMILES string of the molecule is N=Cc1ccccc1S(O)(O)O. The predicted octanol–water partition coefficient (Wildman–Crippen LogP) is 2.27. The minimum atomic E-state index is -3.70. The van der Waals surface area contributed by atoms with Crippen molar-refractivity contribution in [3.63, 3.8) is 0 Å². The van der Waals surface area contributed by atoms with E-state index < -0.39 is 10.9 Å². The van der Waals surface area contributed by atoms with E-state index >= 15 is 0 Å². The van der Waals surface area contributed by atoms with Crippen molar-refractivity contribution in [2.45, 2.75) is 4.90 Å². The Balaban J connectivity index is 3.23. The molecular formula is C7H9NO3S. The van der Waals surface area contributed by atoms with Gasteiger partial charge in [-0.3, -0.25) is 0 Å². The summed E-state index contributed by atoms with van der Waals surface area (Å²) >= 11 is 0. The second-order valence-electron chi connectivity index (χ2n) is 2.20. The van der Waals surface area contributed by atoms with E-state index in [4.69, 9.17) is 19.1 Å². The van der Waals surface area contributed by atoms with Crippen LogP contribution in [0.5, 0.6) is 0 Å². The standard InChI is InChI=1S/C7H9NO3S/c8-5-6-3-1-2-4-7(6)12(9,10)11/h1-5,8-11H. The van der Waals surface area contributed by atoms with Gasteiger partial charge in [0.25, 0.3) is 0 Å². The maximum absolute atomic E-state index is 8.89. The molecule has 1 aromatic rings. The van der Waals surface area contributed by atoms with Gasteiger partial charge < -0.3 is 19.1 Å². The van der Waals surface area contributed by atoms with E-state index in [0.717, 1.165) is 6.21 Å². The van der Waals surface area contributed by atoms with Crippen LogP contribution in [0.1, 0.15) is 5.56 Å². The number of hydrogen-bond acceptors (Lipinski definition) is 4. The smallest absolute Gasteiger partial charge is 0.113 e. The zero-order valence-electron chi connectivity index (χ0n) is 6.14. The second-order valence-corrected chi connectivity index (χ2v) is 3.68. The van der Waals surface area contributed by atoms with Crippen LogP contribution in [0.2, 0.25) is 0 Å². The summed E-state index contributed by atoms with van der Waals surface area (Å²) in [4.78, 5) is -0.0139. The molecule has 0 atom stereocenters. The van der Waals surface area contributed by atoms with E-state index in [-0.39, 0.29) is 4.90 Å². The van der Waals surface area contributed by atoms with Crippen LogP contribution < -0.4 is 0 Å². The Kier molecular flexibility index (Phi) is 2.49. The van der Waals surface area contributed by atoms with Crippen LogP contribution in [0.3, 0.4) is 0 Å². The lowest BCUT2D eigenvalue weighted by Crippen LogP contribution is -1.99. The largest absolute Gasteiger partial charge is 0.308 e. The third kappa shape index (κ3) is 1.83. The van der Waals surface area contributed by atoms with Crippen molar-refractivity contribution in [2.75, 3.05) is 0 Å². The van der Waals surface area contributed by atoms with E-state index in [1.54, 1.807) is 12.1 Å². The van der Waals surface area contributed by atoms with Crippen molar-refractivity contribution >= 4 is 17.1 Å². The molecule has 12 heavy (non-hydrogen) atoms. The molecule has 5 heteroatoms. The summed E-state index contributed by atoms with van der Waals surface area (Å²) in [6.07, 6.45) is 0.958. The molecule has 4 nitrogen and oxygen atoms in total. The molecule has 0 radical (unpaired) electrons. The van der Waals surface area contributed by atoms with Crippen LogP contribution in [-0.2, 0) is 0 Å². The van der Waals surface area contributed by atoms with Gasteiger partial charge in [-0.25, -0.2) is 0 Å². The normalized spacial score (nSPS) is 12.6. The maximum atomic E-state index is 8.89. The molecule has 0 amide bonds. The first-order chi connectivity index (χ1) is 5.55. The first-order valence-corrected chi connectivity index (χ1v) is 4.66. The minimum Gasteiger partial charge on any atom is -0.308 e. The van der Waals surface area contributed by atoms with Crippen molar-refractivity contribution in [3.8, 4) is 0 Å². The third-order valence-electron chi connectivity index (χ3n) is 1.37. The van der Waals surface area contributed by atoms with Crippen molar-refractivity contribution in [3.05, 3.63) is 29.8 Å². The van der Waals surface area contributed by atoms with Crippen LogP contribution in [-0.4, -0.2) is 19.9 Å². The Morgan fingerprint density at radius 2 is 1.75 bits per heavy atom. The highest BCUT2D eigenvalue weighted by Crippen LogP contribution is 2.44. The fourth-order valence-corrected chi connectivity index (χ4v) is 1.55. The van der Waals surface area contributed by atoms with Crippen LogP contribution in [0, 0.1) is 5.41 Å². The summed E-state index contributed by atoms with van der Waals surface area (Å²) in [6, 6.07) is 6.10. The summed E-state index contributed by atoms with van der Waals surface area (Å²) in [7, 11) is -3.70. The Bertz CT molecular complexity index is 295. The van der Waals surface area contributed by atoms with Gasteiger partial charge in [0.1, 0.15) is 10.9 Å². The Morgan fingerprint density at radius 3 is 2.17 bits per heavy atom. The van der Waals surface area contributed by atoms with Crippen LogP contribution >= 0.6 is 10.9 Å². The maximum Gasteiger partial charge on any atom is 0.113 e. The van der Waals surface area contributed by atoms with Gasteiger partial charge in [-0.2, -0.15) is 0 Å². The van der Waals surface area contributed by atoms with Crippen molar-refractivity contribution in [2.24, 2.45) is 0 Å². The second kappa shape index (κ2) is 3.24. The molecule has 66 valence electrons. The molecular weight excluding hydrogens is 178 g/mol. The molecule has 0 aromatic heterocycles. The lowest BCUT2D eigenvalue weighted by Gasteiger charge is -2.20. The molecule has 0 aliphatic rings. The lowest BCUT2D eigenvalue weighted by atomic mass is 10.2. The number of benzene rings is 1. The molecule has 0 saturated carbocycles. The van der Waals surface area contributed by atoms with Gasteiger partial charge in [-0.05, 0) is 6.07 Å². The average molecular weight is 187 g/mol. The van der Waals surface area contributed by atoms with E-state index in [1.807, 2.05) is 0 Å². The molecule has 0 spiro atoms. The molecule has 0 bridgehead atoms. The van der Waals surface area contributed by atoms with Gasteiger partial charge in [0.15, 0.2) is 0 Å². The van der Waals surface area contributed by atoms with Crippen molar-refractivity contribution in [1.82, 2.24) is 0 Å². The number of rotatable bonds is 2. The highest BCUT2D eigenvalue weighted by atomic mass is 32.3. The molecule has 0 aliphatic carbocycles. The van der Waals surface area contributed by atoms with E-state index in [2.05, 4.69) is 0 Å². The fraction of sp³-hybridized carbons (Fsp3) is 0. The molecule has 0 heterocycles. The molecule has 0 aliphatic heterocycles. The summed E-state index contributed by atoms with van der Waals surface area (Å²) in [5.74, 6) is 0. The van der Waals surface area contributed by atoms with Crippen LogP contribution in [0.4, 0.5) is 0 Å². The topological polar surface area (TPSA) is 84.5 Å². The molecule has 1 aromatic carbocycles. The molecule has 0 unspecified atom stereocenters. The summed E-state index contributed by atoms with van der Waals surface area (Å²) < 4.78 is 26.7. The summed E-state index contributed by atoms with van der Waals surface area (Å²) in [5.41, 5.74) is 0.306. The fourth-order valence-electron chi connectivity index (χ4n) is 0.849. The molecule has 0 fully saturated rings. The average Bonchev–Trinajstić information content (AvgIpc) is 2.03. The van der Waals surface area contributed by atoms with Crippen molar-refractivity contribution in [1.29, 1.82) is 5.41 Å². The third-order valence-corrected chi connectivity index (χ3v) is 2.33. The van der Waals surface area contributed by atoms with Gasteiger partial charge in [-0.15, -0.1) is 0 Å².